The van der Waals surface area contributed by atoms with E-state index >= 15 is 0 Å². The molecule has 0 aliphatic rings. The topological polar surface area (TPSA) is 21.3 Å². The molecule has 20 heavy (non-hydrogen) atoms. The molecule has 0 spiro atoms. The summed E-state index contributed by atoms with van der Waals surface area (Å²) in [6.07, 6.45) is 8.96. The number of hydrogen-bond acceptors (Lipinski definition) is 2. The Labute approximate surface area is 124 Å². The van der Waals surface area contributed by atoms with Gasteiger partial charge in [-0.2, -0.15) is 0 Å². The van der Waals surface area contributed by atoms with E-state index in [2.05, 4.69) is 43.4 Å². The summed E-state index contributed by atoms with van der Waals surface area (Å²) < 4.78 is 5.73. The summed E-state index contributed by atoms with van der Waals surface area (Å²) in [6.45, 7) is 7.27. The molecule has 0 radical (unpaired) electrons. The van der Waals surface area contributed by atoms with E-state index in [0.29, 0.717) is 0 Å². The van der Waals surface area contributed by atoms with Gasteiger partial charge in [-0.05, 0) is 43.5 Å². The van der Waals surface area contributed by atoms with Crippen molar-refractivity contribution in [2.75, 3.05) is 19.7 Å². The molecule has 1 aromatic carbocycles. The molecule has 0 unspecified atom stereocenters. The SMILES string of the molecule is CCCCCCNCCOc1ccc(CCCC)cc1. The maximum Gasteiger partial charge on any atom is 0.119 e. The molecule has 1 N–H and O–H groups in total. The summed E-state index contributed by atoms with van der Waals surface area (Å²) in [5.41, 5.74) is 1.41. The van der Waals surface area contributed by atoms with Gasteiger partial charge in [0.2, 0.25) is 0 Å². The zero-order valence-electron chi connectivity index (χ0n) is 13.3. The van der Waals surface area contributed by atoms with E-state index in [1.165, 1.54) is 50.5 Å². The van der Waals surface area contributed by atoms with Crippen LogP contribution in [0.4, 0.5) is 0 Å². The fourth-order valence-electron chi connectivity index (χ4n) is 2.18. The predicted molar refractivity (Wildman–Crippen MR) is 87.6 cm³/mol. The van der Waals surface area contributed by atoms with Gasteiger partial charge in [0.05, 0.1) is 0 Å². The number of benzene rings is 1. The maximum atomic E-state index is 5.73. The van der Waals surface area contributed by atoms with Crippen LogP contribution in [0, 0.1) is 0 Å². The second-order valence-corrected chi connectivity index (χ2v) is 5.41. The molecule has 0 fully saturated rings. The number of rotatable bonds is 12. The van der Waals surface area contributed by atoms with Crippen LogP contribution in [-0.4, -0.2) is 19.7 Å². The highest BCUT2D eigenvalue weighted by molar-refractivity contribution is 5.27. The summed E-state index contributed by atoms with van der Waals surface area (Å²) in [5, 5.41) is 3.43. The van der Waals surface area contributed by atoms with Crippen molar-refractivity contribution in [3.63, 3.8) is 0 Å². The summed E-state index contributed by atoms with van der Waals surface area (Å²) in [6, 6.07) is 8.55. The molecule has 1 aromatic rings. The van der Waals surface area contributed by atoms with Gasteiger partial charge in [0.1, 0.15) is 12.4 Å². The molecule has 0 saturated carbocycles. The molecule has 0 bridgehead atoms. The molecule has 0 aliphatic heterocycles. The molecule has 0 amide bonds. The van der Waals surface area contributed by atoms with Crippen LogP contribution in [0.3, 0.4) is 0 Å². The summed E-state index contributed by atoms with van der Waals surface area (Å²) in [5.74, 6) is 0.984. The monoisotopic (exact) mass is 277 g/mol. The van der Waals surface area contributed by atoms with Gasteiger partial charge in [0.25, 0.3) is 0 Å². The molecule has 0 heterocycles. The molecule has 0 aliphatic carbocycles. The summed E-state index contributed by atoms with van der Waals surface area (Å²) >= 11 is 0. The summed E-state index contributed by atoms with van der Waals surface area (Å²) in [4.78, 5) is 0. The van der Waals surface area contributed by atoms with Crippen LogP contribution in [0.2, 0.25) is 0 Å². The normalized spacial score (nSPS) is 10.7. The molecule has 0 aromatic heterocycles. The lowest BCUT2D eigenvalue weighted by Gasteiger charge is -2.08. The lowest BCUT2D eigenvalue weighted by atomic mass is 10.1. The first-order valence-corrected chi connectivity index (χ1v) is 8.29. The first-order valence-electron chi connectivity index (χ1n) is 8.29. The van der Waals surface area contributed by atoms with Crippen LogP contribution in [0.1, 0.15) is 57.9 Å². The van der Waals surface area contributed by atoms with Gasteiger partial charge >= 0.3 is 0 Å². The first-order chi connectivity index (χ1) is 9.86. The zero-order chi connectivity index (χ0) is 14.5. The van der Waals surface area contributed by atoms with Crippen molar-refractivity contribution in [3.05, 3.63) is 29.8 Å². The number of nitrogens with one attached hydrogen (secondary N) is 1. The van der Waals surface area contributed by atoms with Crippen LogP contribution in [0.5, 0.6) is 5.75 Å². The molecule has 2 nitrogen and oxygen atoms in total. The Balaban J connectivity index is 2.04. The Hall–Kier alpha value is -1.02. The number of unbranched alkanes of at least 4 members (excludes halogenated alkanes) is 4. The minimum atomic E-state index is 0.752. The van der Waals surface area contributed by atoms with Crippen LogP contribution in [0.15, 0.2) is 24.3 Å². The van der Waals surface area contributed by atoms with Crippen molar-refractivity contribution in [1.29, 1.82) is 0 Å². The third kappa shape index (κ3) is 8.21. The quantitative estimate of drug-likeness (QED) is 0.565. The maximum absolute atomic E-state index is 5.73. The third-order valence-electron chi connectivity index (χ3n) is 3.50. The Morgan fingerprint density at radius 3 is 2.30 bits per heavy atom. The molecular weight excluding hydrogens is 246 g/mol. The zero-order valence-corrected chi connectivity index (χ0v) is 13.3. The van der Waals surface area contributed by atoms with E-state index < -0.39 is 0 Å². The van der Waals surface area contributed by atoms with Crippen molar-refractivity contribution >= 4 is 0 Å². The molecule has 0 saturated heterocycles. The second-order valence-electron chi connectivity index (χ2n) is 5.41. The number of hydrogen-bond donors (Lipinski definition) is 1. The highest BCUT2D eigenvalue weighted by Crippen LogP contribution is 2.13. The average molecular weight is 277 g/mol. The van der Waals surface area contributed by atoms with E-state index in [4.69, 9.17) is 4.74 Å². The van der Waals surface area contributed by atoms with Gasteiger partial charge in [-0.3, -0.25) is 0 Å². The molecule has 1 rings (SSSR count). The molecule has 114 valence electrons. The van der Waals surface area contributed by atoms with Crippen molar-refractivity contribution in [2.24, 2.45) is 0 Å². The van der Waals surface area contributed by atoms with Gasteiger partial charge in [0, 0.05) is 6.54 Å². The standard InChI is InChI=1S/C18H31NO/c1-3-5-7-8-14-19-15-16-20-18-12-10-17(11-13-18)9-6-4-2/h10-13,19H,3-9,14-16H2,1-2H3. The smallest absolute Gasteiger partial charge is 0.119 e. The van der Waals surface area contributed by atoms with E-state index in [9.17, 15) is 0 Å². The van der Waals surface area contributed by atoms with Gasteiger partial charge in [-0.1, -0.05) is 51.7 Å². The second kappa shape index (κ2) is 11.8. The Bertz CT molecular complexity index is 321. The van der Waals surface area contributed by atoms with E-state index in [-0.39, 0.29) is 0 Å². The largest absolute Gasteiger partial charge is 0.492 e. The van der Waals surface area contributed by atoms with Crippen molar-refractivity contribution < 1.29 is 4.74 Å². The van der Waals surface area contributed by atoms with Crippen LogP contribution in [-0.2, 0) is 6.42 Å². The van der Waals surface area contributed by atoms with Gasteiger partial charge in [-0.15, -0.1) is 0 Å². The number of ether oxygens (including phenoxy) is 1. The van der Waals surface area contributed by atoms with Gasteiger partial charge in [0.15, 0.2) is 0 Å². The van der Waals surface area contributed by atoms with Gasteiger partial charge in [-0.25, -0.2) is 0 Å². The minimum absolute atomic E-state index is 0.752. The van der Waals surface area contributed by atoms with Crippen LogP contribution >= 0.6 is 0 Å². The predicted octanol–water partition coefficient (Wildman–Crippen LogP) is 4.58. The molecule has 2 heteroatoms. The molecular formula is C18H31NO. The average Bonchev–Trinajstić information content (AvgIpc) is 2.49. The van der Waals surface area contributed by atoms with E-state index in [1.54, 1.807) is 0 Å². The fourth-order valence-corrected chi connectivity index (χ4v) is 2.18. The highest BCUT2D eigenvalue weighted by Gasteiger charge is 1.96. The first kappa shape index (κ1) is 17.0. The molecule has 0 atom stereocenters. The lowest BCUT2D eigenvalue weighted by molar-refractivity contribution is 0.313. The van der Waals surface area contributed by atoms with Crippen LogP contribution < -0.4 is 10.1 Å². The third-order valence-corrected chi connectivity index (χ3v) is 3.50. The lowest BCUT2D eigenvalue weighted by Crippen LogP contribution is -2.22. The van der Waals surface area contributed by atoms with Crippen LogP contribution in [0.25, 0.3) is 0 Å². The van der Waals surface area contributed by atoms with Crippen molar-refractivity contribution in [1.82, 2.24) is 5.32 Å². The van der Waals surface area contributed by atoms with Gasteiger partial charge < -0.3 is 10.1 Å². The Morgan fingerprint density at radius 2 is 1.60 bits per heavy atom. The van der Waals surface area contributed by atoms with E-state index in [0.717, 1.165) is 25.4 Å². The minimum Gasteiger partial charge on any atom is -0.492 e. The summed E-state index contributed by atoms with van der Waals surface area (Å²) in [7, 11) is 0. The Morgan fingerprint density at radius 1 is 0.850 bits per heavy atom. The van der Waals surface area contributed by atoms with Crippen molar-refractivity contribution in [2.45, 2.75) is 58.8 Å². The van der Waals surface area contributed by atoms with E-state index in [1.807, 2.05) is 0 Å². The Kier molecular flexibility index (Phi) is 10.0. The highest BCUT2D eigenvalue weighted by atomic mass is 16.5. The fraction of sp³-hybridized carbons (Fsp3) is 0.667. The van der Waals surface area contributed by atoms with Crippen molar-refractivity contribution in [3.8, 4) is 5.75 Å². The number of aryl methyl sites for hydroxylation is 1.